The van der Waals surface area contributed by atoms with Crippen molar-refractivity contribution < 1.29 is 23.1 Å². The van der Waals surface area contributed by atoms with Crippen LogP contribution in [-0.2, 0) is 16.0 Å². The number of hydrogen-bond donors (Lipinski definition) is 1. The zero-order chi connectivity index (χ0) is 22.2. The van der Waals surface area contributed by atoms with Crippen LogP contribution >= 0.6 is 0 Å². The number of Topliss-reactive ketones (excluding diaryl/α,β-unsaturated/α-hetero) is 1. The molecule has 1 N–H and O–H groups in total. The molecule has 0 aliphatic heterocycles. The lowest BCUT2D eigenvalue weighted by Crippen LogP contribution is -2.29. The Morgan fingerprint density at radius 2 is 1.97 bits per heavy atom. The summed E-state index contributed by atoms with van der Waals surface area (Å²) in [7, 11) is 0. The van der Waals surface area contributed by atoms with Gasteiger partial charge in [0.05, 0.1) is 24.6 Å². The van der Waals surface area contributed by atoms with Gasteiger partial charge < -0.3 is 14.5 Å². The Balaban J connectivity index is 1.61. The number of carbonyl (C=O) groups excluding carboxylic acids is 2. The summed E-state index contributed by atoms with van der Waals surface area (Å²) in [5, 5.41) is 11.9. The van der Waals surface area contributed by atoms with Crippen LogP contribution in [0.4, 0.5) is 10.1 Å². The van der Waals surface area contributed by atoms with Crippen molar-refractivity contribution in [1.82, 2.24) is 4.98 Å². The molecular weight excluding hydrogens is 401 g/mol. The maximum absolute atomic E-state index is 13.0. The van der Waals surface area contributed by atoms with Gasteiger partial charge in [0.1, 0.15) is 11.6 Å². The van der Waals surface area contributed by atoms with Gasteiger partial charge in [-0.2, -0.15) is 5.26 Å². The van der Waals surface area contributed by atoms with E-state index in [1.54, 1.807) is 42.5 Å². The van der Waals surface area contributed by atoms with Gasteiger partial charge in [-0.3, -0.25) is 9.59 Å². The highest BCUT2D eigenvalue weighted by Crippen LogP contribution is 2.25. The predicted molar refractivity (Wildman–Crippen MR) is 111 cm³/mol. The van der Waals surface area contributed by atoms with Gasteiger partial charge in [-0.05, 0) is 43.3 Å². The van der Waals surface area contributed by atoms with E-state index < -0.39 is 17.6 Å². The summed E-state index contributed by atoms with van der Waals surface area (Å²) in [6, 6.07) is 14.3. The second-order valence-corrected chi connectivity index (χ2v) is 6.57. The van der Waals surface area contributed by atoms with Crippen molar-refractivity contribution in [2.45, 2.75) is 19.8 Å². The molecule has 1 heterocycles. The molecule has 31 heavy (non-hydrogen) atoms. The number of halogens is 1. The van der Waals surface area contributed by atoms with Crippen LogP contribution in [0.5, 0.6) is 5.75 Å². The first kappa shape index (κ1) is 21.7. The molecule has 1 amide bonds. The van der Waals surface area contributed by atoms with Crippen LogP contribution in [0.1, 0.15) is 19.2 Å². The Bertz CT molecular complexity index is 1100. The van der Waals surface area contributed by atoms with Gasteiger partial charge in [-0.1, -0.05) is 12.1 Å². The molecule has 0 radical (unpaired) electrons. The molecule has 0 saturated carbocycles. The zero-order valence-electron chi connectivity index (χ0n) is 16.8. The largest absolute Gasteiger partial charge is 0.492 e. The lowest BCUT2D eigenvalue weighted by atomic mass is 10.0. The average molecular weight is 421 g/mol. The van der Waals surface area contributed by atoms with Gasteiger partial charge in [0.25, 0.3) is 0 Å². The van der Waals surface area contributed by atoms with E-state index in [2.05, 4.69) is 10.3 Å². The third-order valence-electron chi connectivity index (χ3n) is 4.43. The average Bonchev–Trinajstić information content (AvgIpc) is 3.24. The fraction of sp³-hybridized carbons (Fsp3) is 0.217. The Kier molecular flexibility index (Phi) is 7.12. The number of nitrogens with zero attached hydrogens (tertiary/aromatic N) is 2. The first-order valence-corrected chi connectivity index (χ1v) is 9.67. The maximum atomic E-state index is 13.0. The third-order valence-corrected chi connectivity index (χ3v) is 4.43. The number of carbonyl (C=O) groups is 2. The molecule has 3 rings (SSSR count). The lowest BCUT2D eigenvalue weighted by molar-refractivity contribution is -0.128. The lowest BCUT2D eigenvalue weighted by Gasteiger charge is -2.13. The van der Waals surface area contributed by atoms with E-state index in [1.807, 2.05) is 6.92 Å². The highest BCUT2D eigenvalue weighted by Gasteiger charge is 2.27. The highest BCUT2D eigenvalue weighted by atomic mass is 19.1. The normalized spacial score (nSPS) is 11.4. The number of ketones is 1. The molecule has 1 aromatic heterocycles. The monoisotopic (exact) mass is 421 g/mol. The smallest absolute Gasteiger partial charge is 0.249 e. The summed E-state index contributed by atoms with van der Waals surface area (Å²) < 4.78 is 24.1. The molecule has 1 unspecified atom stereocenters. The second kappa shape index (κ2) is 10.2. The van der Waals surface area contributed by atoms with Gasteiger partial charge >= 0.3 is 0 Å². The van der Waals surface area contributed by atoms with Crippen molar-refractivity contribution in [3.63, 3.8) is 0 Å². The minimum Gasteiger partial charge on any atom is -0.492 e. The summed E-state index contributed by atoms with van der Waals surface area (Å²) in [4.78, 5) is 29.1. The number of para-hydroxylation sites is 2. The van der Waals surface area contributed by atoms with Crippen molar-refractivity contribution in [1.29, 1.82) is 5.26 Å². The third kappa shape index (κ3) is 5.54. The van der Waals surface area contributed by atoms with Crippen LogP contribution in [0.15, 0.2) is 59.1 Å². The van der Waals surface area contributed by atoms with Crippen molar-refractivity contribution in [3.05, 3.63) is 66.4 Å². The van der Waals surface area contributed by atoms with Gasteiger partial charge in [0.15, 0.2) is 23.4 Å². The molecule has 7 nitrogen and oxygen atoms in total. The van der Waals surface area contributed by atoms with E-state index in [-0.39, 0.29) is 24.5 Å². The number of nitrogens with one attached hydrogen (secondary N) is 1. The number of hydrogen-bond acceptors (Lipinski definition) is 6. The van der Waals surface area contributed by atoms with Crippen molar-refractivity contribution >= 4 is 17.4 Å². The Labute approximate surface area is 178 Å². The van der Waals surface area contributed by atoms with Gasteiger partial charge in [-0.15, -0.1) is 0 Å². The second-order valence-electron chi connectivity index (χ2n) is 6.57. The van der Waals surface area contributed by atoms with E-state index in [1.165, 1.54) is 18.3 Å². The number of amides is 1. The molecule has 0 saturated heterocycles. The van der Waals surface area contributed by atoms with Crippen molar-refractivity contribution in [2.75, 3.05) is 11.9 Å². The van der Waals surface area contributed by atoms with Crippen LogP contribution in [-0.4, -0.2) is 23.3 Å². The summed E-state index contributed by atoms with van der Waals surface area (Å²) >= 11 is 0. The molecule has 0 fully saturated rings. The standard InChI is InChI=1S/C23H20FN3O4/c1-2-30-20-6-4-3-5-18(20)27-23(29)17(13-25)19(28)11-12-22-26-14-21(31-22)15-7-9-16(24)10-8-15/h3-10,14,17H,2,11-12H2,1H3,(H,27,29). The molecule has 0 aliphatic carbocycles. The Morgan fingerprint density at radius 1 is 1.23 bits per heavy atom. The van der Waals surface area contributed by atoms with E-state index in [9.17, 15) is 19.2 Å². The van der Waals surface area contributed by atoms with E-state index in [0.717, 1.165) is 0 Å². The van der Waals surface area contributed by atoms with Gasteiger partial charge in [0, 0.05) is 18.4 Å². The first-order valence-electron chi connectivity index (χ1n) is 9.67. The SMILES string of the molecule is CCOc1ccccc1NC(=O)C(C#N)C(=O)CCc1ncc(-c2ccc(F)cc2)o1. The number of ether oxygens (including phenoxy) is 1. The number of aryl methyl sites for hydroxylation is 1. The molecule has 0 bridgehead atoms. The molecule has 158 valence electrons. The fourth-order valence-corrected chi connectivity index (χ4v) is 2.88. The quantitative estimate of drug-likeness (QED) is 0.520. The summed E-state index contributed by atoms with van der Waals surface area (Å²) in [6.07, 6.45) is 1.51. The van der Waals surface area contributed by atoms with Crippen LogP contribution in [0, 0.1) is 23.1 Å². The molecule has 1 atom stereocenters. The molecule has 0 aliphatic rings. The van der Waals surface area contributed by atoms with E-state index in [0.29, 0.717) is 29.4 Å². The zero-order valence-corrected chi connectivity index (χ0v) is 16.8. The minimum absolute atomic E-state index is 0.0951. The molecule has 8 heteroatoms. The van der Waals surface area contributed by atoms with Crippen LogP contribution in [0.25, 0.3) is 11.3 Å². The van der Waals surface area contributed by atoms with Crippen LogP contribution < -0.4 is 10.1 Å². The van der Waals surface area contributed by atoms with Gasteiger partial charge in [-0.25, -0.2) is 9.37 Å². The van der Waals surface area contributed by atoms with Gasteiger partial charge in [0.2, 0.25) is 5.91 Å². The number of anilines is 1. The van der Waals surface area contributed by atoms with Crippen LogP contribution in [0.3, 0.4) is 0 Å². The highest BCUT2D eigenvalue weighted by molar-refractivity contribution is 6.09. The predicted octanol–water partition coefficient (Wildman–Crippen LogP) is 4.16. The number of benzene rings is 2. The Morgan fingerprint density at radius 3 is 2.68 bits per heavy atom. The summed E-state index contributed by atoms with van der Waals surface area (Å²) in [5.74, 6) is -1.93. The summed E-state index contributed by atoms with van der Waals surface area (Å²) in [6.45, 7) is 2.22. The number of oxazole rings is 1. The van der Waals surface area contributed by atoms with E-state index >= 15 is 0 Å². The first-order chi connectivity index (χ1) is 15.0. The molecular formula is C23H20FN3O4. The Hall–Kier alpha value is -3.99. The maximum Gasteiger partial charge on any atom is 0.249 e. The van der Waals surface area contributed by atoms with Crippen LogP contribution in [0.2, 0.25) is 0 Å². The molecule has 2 aromatic carbocycles. The minimum atomic E-state index is -1.47. The number of nitriles is 1. The fourth-order valence-electron chi connectivity index (χ4n) is 2.88. The molecule has 0 spiro atoms. The molecule has 3 aromatic rings. The van der Waals surface area contributed by atoms with E-state index in [4.69, 9.17) is 9.15 Å². The number of aromatic nitrogens is 1. The van der Waals surface area contributed by atoms with Crippen molar-refractivity contribution in [2.24, 2.45) is 5.92 Å². The number of rotatable bonds is 9. The summed E-state index contributed by atoms with van der Waals surface area (Å²) in [5.41, 5.74) is 1.03. The topological polar surface area (TPSA) is 105 Å². The van der Waals surface area contributed by atoms with Crippen molar-refractivity contribution in [3.8, 4) is 23.1 Å².